The van der Waals surface area contributed by atoms with Crippen molar-refractivity contribution in [3.63, 3.8) is 0 Å². The Bertz CT molecular complexity index is 1160. The Labute approximate surface area is 159 Å². The van der Waals surface area contributed by atoms with E-state index in [2.05, 4.69) is 0 Å². The molecule has 0 bridgehead atoms. The third-order valence-electron chi connectivity index (χ3n) is 4.22. The number of ketones is 1. The van der Waals surface area contributed by atoms with Gasteiger partial charge in [-0.05, 0) is 38.1 Å². The zero-order chi connectivity index (χ0) is 20.4. The Balaban J connectivity index is 2.09. The average molecular weight is 379 g/mol. The van der Waals surface area contributed by atoms with Crippen LogP contribution in [0.3, 0.4) is 0 Å². The number of carbonyl (C=O) groups excluding carboxylic acids is 2. The van der Waals surface area contributed by atoms with E-state index in [0.29, 0.717) is 11.1 Å². The molecule has 0 saturated heterocycles. The lowest BCUT2D eigenvalue weighted by Crippen LogP contribution is -2.16. The molecule has 0 amide bonds. The number of para-hydroxylation sites is 1. The van der Waals surface area contributed by atoms with E-state index in [-0.39, 0.29) is 40.2 Å². The molecule has 1 heterocycles. The molecule has 0 aliphatic carbocycles. The van der Waals surface area contributed by atoms with Crippen molar-refractivity contribution >= 4 is 28.4 Å². The van der Waals surface area contributed by atoms with Crippen molar-refractivity contribution in [3.05, 3.63) is 75.1 Å². The van der Waals surface area contributed by atoms with Gasteiger partial charge < -0.3 is 14.3 Å². The van der Waals surface area contributed by atoms with Crippen LogP contribution in [0.2, 0.25) is 0 Å². The SMILES string of the molecule is CCOC(=O)c1ccc(C(=N)c2c(O)c3cccc(C(C)=O)c3oc2=O)cc1. The van der Waals surface area contributed by atoms with Gasteiger partial charge in [-0.1, -0.05) is 18.2 Å². The standard InChI is InChI=1S/C21H17NO6/c1-3-27-20(25)13-9-7-12(8-10-13)17(22)16-18(24)15-6-4-5-14(11(2)23)19(15)28-21(16)26/h4-10,22,24H,3H2,1-2H3. The van der Waals surface area contributed by atoms with Crippen molar-refractivity contribution in [2.75, 3.05) is 6.61 Å². The number of hydrogen-bond acceptors (Lipinski definition) is 7. The Morgan fingerprint density at radius 3 is 2.36 bits per heavy atom. The highest BCUT2D eigenvalue weighted by Gasteiger charge is 2.21. The number of Topliss-reactive ketones (excluding diaryl/α,β-unsaturated/α-hetero) is 1. The molecule has 2 aromatic carbocycles. The maximum Gasteiger partial charge on any atom is 0.349 e. The van der Waals surface area contributed by atoms with Crippen LogP contribution in [-0.4, -0.2) is 29.2 Å². The second-order valence-electron chi connectivity index (χ2n) is 6.02. The van der Waals surface area contributed by atoms with Crippen molar-refractivity contribution < 1.29 is 23.8 Å². The summed E-state index contributed by atoms with van der Waals surface area (Å²) in [6, 6.07) is 10.4. The first kappa shape index (κ1) is 19.0. The van der Waals surface area contributed by atoms with Gasteiger partial charge >= 0.3 is 11.6 Å². The quantitative estimate of drug-likeness (QED) is 0.304. The summed E-state index contributed by atoms with van der Waals surface area (Å²) in [6.07, 6.45) is 0. The Hall–Kier alpha value is -3.74. The topological polar surface area (TPSA) is 118 Å². The van der Waals surface area contributed by atoms with Crippen LogP contribution >= 0.6 is 0 Å². The molecular weight excluding hydrogens is 362 g/mol. The van der Waals surface area contributed by atoms with E-state index in [1.807, 2.05) is 0 Å². The number of rotatable bonds is 5. The molecule has 3 aromatic rings. The minimum Gasteiger partial charge on any atom is -0.506 e. The van der Waals surface area contributed by atoms with Crippen LogP contribution in [0.25, 0.3) is 11.0 Å². The zero-order valence-electron chi connectivity index (χ0n) is 15.2. The van der Waals surface area contributed by atoms with Gasteiger partial charge in [0.05, 0.1) is 28.8 Å². The van der Waals surface area contributed by atoms with Gasteiger partial charge in [0.25, 0.3) is 0 Å². The summed E-state index contributed by atoms with van der Waals surface area (Å²) in [5.74, 6) is -1.25. The van der Waals surface area contributed by atoms with Crippen molar-refractivity contribution in [1.29, 1.82) is 5.41 Å². The van der Waals surface area contributed by atoms with E-state index < -0.39 is 17.3 Å². The Kier molecular flexibility index (Phi) is 5.08. The molecule has 2 N–H and O–H groups in total. The van der Waals surface area contributed by atoms with Crippen LogP contribution in [0.15, 0.2) is 51.7 Å². The van der Waals surface area contributed by atoms with Gasteiger partial charge in [-0.3, -0.25) is 10.2 Å². The van der Waals surface area contributed by atoms with Crippen LogP contribution in [-0.2, 0) is 4.74 Å². The van der Waals surface area contributed by atoms with Gasteiger partial charge in [-0.2, -0.15) is 0 Å². The average Bonchev–Trinajstić information content (AvgIpc) is 2.67. The van der Waals surface area contributed by atoms with E-state index in [1.165, 1.54) is 43.3 Å². The lowest BCUT2D eigenvalue weighted by molar-refractivity contribution is 0.0526. The van der Waals surface area contributed by atoms with Gasteiger partial charge in [0.1, 0.15) is 11.3 Å². The number of hydrogen-bond donors (Lipinski definition) is 2. The molecule has 0 atom stereocenters. The van der Waals surface area contributed by atoms with Crippen LogP contribution in [0.1, 0.15) is 45.7 Å². The summed E-state index contributed by atoms with van der Waals surface area (Å²) in [7, 11) is 0. The minimum absolute atomic E-state index is 0.0216. The molecule has 142 valence electrons. The lowest BCUT2D eigenvalue weighted by atomic mass is 9.99. The maximum absolute atomic E-state index is 12.5. The largest absolute Gasteiger partial charge is 0.506 e. The molecule has 0 radical (unpaired) electrons. The minimum atomic E-state index is -0.932. The van der Waals surface area contributed by atoms with Gasteiger partial charge in [-0.15, -0.1) is 0 Å². The molecule has 0 spiro atoms. The second-order valence-corrected chi connectivity index (χ2v) is 6.02. The fraction of sp³-hybridized carbons (Fsp3) is 0.143. The zero-order valence-corrected chi connectivity index (χ0v) is 15.2. The number of ether oxygens (including phenoxy) is 1. The van der Waals surface area contributed by atoms with Crippen molar-refractivity contribution in [3.8, 4) is 5.75 Å². The Morgan fingerprint density at radius 2 is 1.75 bits per heavy atom. The van der Waals surface area contributed by atoms with E-state index in [9.17, 15) is 19.5 Å². The summed E-state index contributed by atoms with van der Waals surface area (Å²) in [5, 5.41) is 19.1. The van der Waals surface area contributed by atoms with Gasteiger partial charge in [0, 0.05) is 5.56 Å². The van der Waals surface area contributed by atoms with Crippen molar-refractivity contribution in [1.82, 2.24) is 0 Å². The number of fused-ring (bicyclic) bond motifs is 1. The molecular formula is C21H17NO6. The van der Waals surface area contributed by atoms with Gasteiger partial charge in [0.2, 0.25) is 0 Å². The molecule has 0 unspecified atom stereocenters. The summed E-state index contributed by atoms with van der Waals surface area (Å²) >= 11 is 0. The molecule has 7 nitrogen and oxygen atoms in total. The van der Waals surface area contributed by atoms with Crippen LogP contribution < -0.4 is 5.63 Å². The van der Waals surface area contributed by atoms with E-state index >= 15 is 0 Å². The summed E-state index contributed by atoms with van der Waals surface area (Å²) in [6.45, 7) is 3.26. The second kappa shape index (κ2) is 7.48. The third kappa shape index (κ3) is 3.29. The van der Waals surface area contributed by atoms with E-state index in [0.717, 1.165) is 0 Å². The molecule has 0 saturated carbocycles. The molecule has 0 fully saturated rings. The third-order valence-corrected chi connectivity index (χ3v) is 4.22. The number of nitrogens with one attached hydrogen (secondary N) is 1. The smallest absolute Gasteiger partial charge is 0.349 e. The monoisotopic (exact) mass is 379 g/mol. The predicted molar refractivity (Wildman–Crippen MR) is 102 cm³/mol. The highest BCUT2D eigenvalue weighted by molar-refractivity contribution is 6.15. The molecule has 0 aliphatic rings. The van der Waals surface area contributed by atoms with Crippen molar-refractivity contribution in [2.45, 2.75) is 13.8 Å². The fourth-order valence-corrected chi connectivity index (χ4v) is 2.84. The van der Waals surface area contributed by atoms with E-state index in [4.69, 9.17) is 14.6 Å². The number of benzene rings is 2. The van der Waals surface area contributed by atoms with Crippen LogP contribution in [0, 0.1) is 5.41 Å². The summed E-state index contributed by atoms with van der Waals surface area (Å²) < 4.78 is 10.2. The van der Waals surface area contributed by atoms with Gasteiger partial charge in [-0.25, -0.2) is 9.59 Å². The Morgan fingerprint density at radius 1 is 1.11 bits per heavy atom. The van der Waals surface area contributed by atoms with Crippen LogP contribution in [0.5, 0.6) is 5.75 Å². The highest BCUT2D eigenvalue weighted by Crippen LogP contribution is 2.30. The fourth-order valence-electron chi connectivity index (χ4n) is 2.84. The first-order valence-corrected chi connectivity index (χ1v) is 8.51. The normalized spacial score (nSPS) is 10.6. The lowest BCUT2D eigenvalue weighted by Gasteiger charge is -2.10. The van der Waals surface area contributed by atoms with Crippen molar-refractivity contribution in [2.24, 2.45) is 0 Å². The first-order valence-electron chi connectivity index (χ1n) is 8.51. The van der Waals surface area contributed by atoms with E-state index in [1.54, 1.807) is 13.0 Å². The highest BCUT2D eigenvalue weighted by atomic mass is 16.5. The number of carbonyl (C=O) groups is 2. The molecule has 1 aromatic heterocycles. The number of esters is 1. The summed E-state index contributed by atoms with van der Waals surface area (Å²) in [5.41, 5.74) is -0.766. The molecule has 0 aliphatic heterocycles. The van der Waals surface area contributed by atoms with Gasteiger partial charge in [0.15, 0.2) is 11.4 Å². The van der Waals surface area contributed by atoms with Crippen LogP contribution in [0.4, 0.5) is 0 Å². The first-order chi connectivity index (χ1) is 13.3. The predicted octanol–water partition coefficient (Wildman–Crippen LogP) is 3.29. The molecule has 7 heteroatoms. The molecule has 28 heavy (non-hydrogen) atoms. The molecule has 3 rings (SSSR count). The number of aromatic hydroxyl groups is 1. The maximum atomic E-state index is 12.5. The summed E-state index contributed by atoms with van der Waals surface area (Å²) in [4.78, 5) is 35.9.